The molecule has 1 rings (SSSR count). The lowest BCUT2D eigenvalue weighted by atomic mass is 10.1. The molecule has 0 aliphatic carbocycles. The molecule has 13 heavy (non-hydrogen) atoms. The summed E-state index contributed by atoms with van der Waals surface area (Å²) >= 11 is 5.72. The van der Waals surface area contributed by atoms with Crippen LogP contribution in [0.4, 0.5) is 0 Å². The number of halogens is 1. The fourth-order valence-corrected chi connectivity index (χ4v) is 1.25. The van der Waals surface area contributed by atoms with E-state index in [1.54, 1.807) is 24.3 Å². The molecule has 70 valence electrons. The van der Waals surface area contributed by atoms with E-state index in [4.69, 9.17) is 11.6 Å². The van der Waals surface area contributed by atoms with Gasteiger partial charge < -0.3 is 5.11 Å². The van der Waals surface area contributed by atoms with Crippen LogP contribution in [0.3, 0.4) is 0 Å². The molecule has 0 amide bonds. The number of aliphatic hydroxyl groups excluding tert-OH is 1. The summed E-state index contributed by atoms with van der Waals surface area (Å²) in [5, 5.41) is 19.8. The molecule has 0 radical (unpaired) electrons. The highest BCUT2D eigenvalue weighted by molar-refractivity contribution is 6.31. The van der Waals surface area contributed by atoms with E-state index in [0.717, 1.165) is 0 Å². The normalized spacial score (nSPS) is 12.5. The van der Waals surface area contributed by atoms with E-state index in [1.807, 2.05) is 0 Å². The maximum absolute atomic E-state index is 10.1. The average molecular weight is 202 g/mol. The van der Waals surface area contributed by atoms with Crippen LogP contribution < -0.4 is 0 Å². The van der Waals surface area contributed by atoms with Crippen LogP contribution in [-0.4, -0.2) is 16.6 Å². The van der Waals surface area contributed by atoms with Crippen LogP contribution in [0.5, 0.6) is 0 Å². The lowest BCUT2D eigenvalue weighted by Crippen LogP contribution is -2.12. The van der Waals surface area contributed by atoms with Crippen LogP contribution in [0, 0.1) is 10.1 Å². The van der Waals surface area contributed by atoms with Crippen molar-refractivity contribution in [3.8, 4) is 0 Å². The molecule has 4 nitrogen and oxygen atoms in total. The Bertz CT molecular complexity index is 316. The van der Waals surface area contributed by atoms with Crippen molar-refractivity contribution in [3.05, 3.63) is 45.0 Å². The predicted octanol–water partition coefficient (Wildman–Crippen LogP) is 1.65. The standard InChI is InChI=1S/C8H8ClNO3/c9-7-4-2-1-3-6(7)8(11)5-10(12)13/h1-4,8,11H,5H2/t8-/m1/s1. The van der Waals surface area contributed by atoms with Crippen molar-refractivity contribution in [1.82, 2.24) is 0 Å². The van der Waals surface area contributed by atoms with Crippen molar-refractivity contribution < 1.29 is 10.0 Å². The van der Waals surface area contributed by atoms with Gasteiger partial charge in [-0.2, -0.15) is 0 Å². The summed E-state index contributed by atoms with van der Waals surface area (Å²) in [6, 6.07) is 6.52. The average Bonchev–Trinajstić information content (AvgIpc) is 2.03. The summed E-state index contributed by atoms with van der Waals surface area (Å²) in [5.74, 6) is 0. The Kier molecular flexibility index (Phi) is 3.22. The maximum atomic E-state index is 10.1. The van der Waals surface area contributed by atoms with Crippen LogP contribution in [-0.2, 0) is 0 Å². The third kappa shape index (κ3) is 2.68. The molecular formula is C8H8ClNO3. The van der Waals surface area contributed by atoms with Crippen LogP contribution in [0.1, 0.15) is 11.7 Å². The van der Waals surface area contributed by atoms with Crippen LogP contribution >= 0.6 is 11.6 Å². The molecule has 0 saturated heterocycles. The molecule has 1 N–H and O–H groups in total. The second-order valence-corrected chi connectivity index (χ2v) is 2.96. The summed E-state index contributed by atoms with van der Waals surface area (Å²) in [5.41, 5.74) is 0.390. The van der Waals surface area contributed by atoms with Gasteiger partial charge in [0.25, 0.3) is 0 Å². The second kappa shape index (κ2) is 4.20. The molecule has 0 aromatic heterocycles. The summed E-state index contributed by atoms with van der Waals surface area (Å²) in [6.45, 7) is -0.524. The van der Waals surface area contributed by atoms with Crippen LogP contribution in [0.25, 0.3) is 0 Å². The van der Waals surface area contributed by atoms with Gasteiger partial charge in [0.1, 0.15) is 6.10 Å². The Labute approximate surface area is 79.9 Å². The van der Waals surface area contributed by atoms with E-state index >= 15 is 0 Å². The molecule has 1 aromatic rings. The highest BCUT2D eigenvalue weighted by atomic mass is 35.5. The lowest BCUT2D eigenvalue weighted by molar-refractivity contribution is -0.491. The summed E-state index contributed by atoms with van der Waals surface area (Å²) < 4.78 is 0. The number of nitro groups is 1. The van der Waals surface area contributed by atoms with E-state index in [-0.39, 0.29) is 0 Å². The number of benzene rings is 1. The van der Waals surface area contributed by atoms with Gasteiger partial charge in [-0.25, -0.2) is 0 Å². The number of rotatable bonds is 3. The molecule has 1 atom stereocenters. The van der Waals surface area contributed by atoms with E-state index in [1.165, 1.54) is 0 Å². The lowest BCUT2D eigenvalue weighted by Gasteiger charge is -2.07. The zero-order chi connectivity index (χ0) is 9.84. The van der Waals surface area contributed by atoms with Gasteiger partial charge in [0, 0.05) is 15.5 Å². The topological polar surface area (TPSA) is 63.4 Å². The second-order valence-electron chi connectivity index (χ2n) is 2.55. The first-order chi connectivity index (χ1) is 6.11. The number of hydrogen-bond donors (Lipinski definition) is 1. The largest absolute Gasteiger partial charge is 0.381 e. The first-order valence-electron chi connectivity index (χ1n) is 3.65. The summed E-state index contributed by atoms with van der Waals surface area (Å²) in [7, 11) is 0. The first kappa shape index (κ1) is 9.95. The van der Waals surface area contributed by atoms with Crippen molar-refractivity contribution >= 4 is 11.6 Å². The van der Waals surface area contributed by atoms with Crippen molar-refractivity contribution in [2.45, 2.75) is 6.10 Å². The van der Waals surface area contributed by atoms with E-state index in [0.29, 0.717) is 10.6 Å². The van der Waals surface area contributed by atoms with Gasteiger partial charge in [0.2, 0.25) is 6.54 Å². The molecule has 0 saturated carbocycles. The maximum Gasteiger partial charge on any atom is 0.233 e. The van der Waals surface area contributed by atoms with Crippen molar-refractivity contribution in [3.63, 3.8) is 0 Å². The molecule has 0 aliphatic rings. The monoisotopic (exact) mass is 201 g/mol. The minimum absolute atomic E-state index is 0.344. The molecule has 0 spiro atoms. The van der Waals surface area contributed by atoms with Crippen molar-refractivity contribution in [1.29, 1.82) is 0 Å². The fourth-order valence-electron chi connectivity index (χ4n) is 0.985. The molecule has 0 unspecified atom stereocenters. The molecule has 0 bridgehead atoms. The summed E-state index contributed by atoms with van der Waals surface area (Å²) in [4.78, 5) is 9.52. The Morgan fingerprint density at radius 3 is 2.69 bits per heavy atom. The smallest absolute Gasteiger partial charge is 0.233 e. The van der Waals surface area contributed by atoms with Gasteiger partial charge in [0.15, 0.2) is 0 Å². The fraction of sp³-hybridized carbons (Fsp3) is 0.250. The molecule has 0 heterocycles. The van der Waals surface area contributed by atoms with E-state index in [2.05, 4.69) is 0 Å². The molecule has 0 fully saturated rings. The van der Waals surface area contributed by atoms with Crippen LogP contribution in [0.2, 0.25) is 5.02 Å². The zero-order valence-corrected chi connectivity index (χ0v) is 7.44. The van der Waals surface area contributed by atoms with E-state index < -0.39 is 17.6 Å². The quantitative estimate of drug-likeness (QED) is 0.598. The molecular weight excluding hydrogens is 194 g/mol. The Balaban J connectivity index is 2.82. The third-order valence-corrected chi connectivity index (χ3v) is 1.93. The van der Waals surface area contributed by atoms with Gasteiger partial charge in [-0.3, -0.25) is 10.1 Å². The Morgan fingerprint density at radius 2 is 2.15 bits per heavy atom. The molecule has 1 aromatic carbocycles. The van der Waals surface area contributed by atoms with Gasteiger partial charge in [-0.1, -0.05) is 29.8 Å². The van der Waals surface area contributed by atoms with Crippen molar-refractivity contribution in [2.75, 3.05) is 6.54 Å². The van der Waals surface area contributed by atoms with Crippen molar-refractivity contribution in [2.24, 2.45) is 0 Å². The molecule has 5 heteroatoms. The Morgan fingerprint density at radius 1 is 1.54 bits per heavy atom. The van der Waals surface area contributed by atoms with Gasteiger partial charge >= 0.3 is 0 Å². The van der Waals surface area contributed by atoms with Crippen LogP contribution in [0.15, 0.2) is 24.3 Å². The number of hydrogen-bond acceptors (Lipinski definition) is 3. The predicted molar refractivity (Wildman–Crippen MR) is 48.3 cm³/mol. The zero-order valence-electron chi connectivity index (χ0n) is 6.68. The number of nitrogens with zero attached hydrogens (tertiary/aromatic N) is 1. The summed E-state index contributed by atoms with van der Waals surface area (Å²) in [6.07, 6.45) is -1.14. The SMILES string of the molecule is O=[N+]([O-])C[C@@H](O)c1ccccc1Cl. The number of aliphatic hydroxyl groups is 1. The van der Waals surface area contributed by atoms with Gasteiger partial charge in [-0.15, -0.1) is 0 Å². The van der Waals surface area contributed by atoms with E-state index in [9.17, 15) is 15.2 Å². The Hall–Kier alpha value is -1.13. The highest BCUT2D eigenvalue weighted by Crippen LogP contribution is 2.22. The molecule has 0 aliphatic heterocycles. The third-order valence-electron chi connectivity index (χ3n) is 1.59. The van der Waals surface area contributed by atoms with Gasteiger partial charge in [-0.05, 0) is 6.07 Å². The minimum Gasteiger partial charge on any atom is -0.381 e. The van der Waals surface area contributed by atoms with Gasteiger partial charge in [0.05, 0.1) is 0 Å². The first-order valence-corrected chi connectivity index (χ1v) is 4.03. The minimum atomic E-state index is -1.14. The highest BCUT2D eigenvalue weighted by Gasteiger charge is 2.16.